The van der Waals surface area contributed by atoms with Crippen LogP contribution >= 0.6 is 0 Å². The predicted molar refractivity (Wildman–Crippen MR) is 155 cm³/mol. The predicted octanol–water partition coefficient (Wildman–Crippen LogP) is 5.54. The van der Waals surface area contributed by atoms with Crippen LogP contribution in [0.5, 0.6) is 11.5 Å². The molecule has 1 N–H and O–H groups in total. The van der Waals surface area contributed by atoms with Crippen LogP contribution in [0.1, 0.15) is 24.2 Å². The highest BCUT2D eigenvalue weighted by atomic mass is 16.5. The number of hydrogen-bond acceptors (Lipinski definition) is 5. The first-order chi connectivity index (χ1) is 19.1. The molecule has 4 aromatic rings. The van der Waals surface area contributed by atoms with Crippen molar-refractivity contribution in [3.63, 3.8) is 0 Å². The third kappa shape index (κ3) is 5.48. The lowest BCUT2D eigenvalue weighted by atomic mass is 9.97. The van der Waals surface area contributed by atoms with E-state index >= 15 is 0 Å². The Hall–Kier alpha value is -4.26. The Kier molecular flexibility index (Phi) is 6.97. The Balaban J connectivity index is 1.11. The van der Waals surface area contributed by atoms with Crippen LogP contribution in [0.4, 0.5) is 5.69 Å². The fourth-order valence-electron chi connectivity index (χ4n) is 5.51. The van der Waals surface area contributed by atoms with Crippen molar-refractivity contribution >= 4 is 22.6 Å². The van der Waals surface area contributed by atoms with Crippen LogP contribution in [0.15, 0.2) is 72.3 Å². The molecule has 0 spiro atoms. The standard InChI is InChI=1S/C32H34N4O3/c1-22-33-29-10-8-25(20-30(29)34-22)24-9-11-31-26(19-24)7-6-23(12-17-39-31)18-32(37)36-15-13-35(14-16-36)27-4-3-5-28(21-27)38-2/h3-6,8-11,19-21H,7,12-18H2,1-2H3,(H,33,34)/b23-6+. The van der Waals surface area contributed by atoms with Crippen molar-refractivity contribution in [2.24, 2.45) is 0 Å². The lowest BCUT2D eigenvalue weighted by Gasteiger charge is -2.36. The molecule has 1 aromatic heterocycles. The molecule has 39 heavy (non-hydrogen) atoms. The summed E-state index contributed by atoms with van der Waals surface area (Å²) in [7, 11) is 1.69. The maximum Gasteiger partial charge on any atom is 0.226 e. The maximum atomic E-state index is 13.2. The number of nitrogens with zero attached hydrogens (tertiary/aromatic N) is 3. The second kappa shape index (κ2) is 10.8. The fraction of sp³-hybridized carbons (Fsp3) is 0.312. The number of aromatic amines is 1. The van der Waals surface area contributed by atoms with E-state index in [1.807, 2.05) is 24.0 Å². The molecule has 6 rings (SSSR count). The van der Waals surface area contributed by atoms with Crippen molar-refractivity contribution in [1.29, 1.82) is 0 Å². The molecule has 1 fully saturated rings. The molecule has 0 atom stereocenters. The van der Waals surface area contributed by atoms with E-state index in [1.165, 1.54) is 0 Å². The van der Waals surface area contributed by atoms with Crippen molar-refractivity contribution in [2.75, 3.05) is 44.8 Å². The van der Waals surface area contributed by atoms with Gasteiger partial charge in [-0.1, -0.05) is 29.8 Å². The van der Waals surface area contributed by atoms with Crippen LogP contribution in [-0.2, 0) is 11.2 Å². The highest BCUT2D eigenvalue weighted by Gasteiger charge is 2.23. The number of methoxy groups -OCH3 is 1. The van der Waals surface area contributed by atoms with Crippen LogP contribution in [0.3, 0.4) is 0 Å². The van der Waals surface area contributed by atoms with E-state index in [2.05, 4.69) is 69.5 Å². The third-order valence-corrected chi connectivity index (χ3v) is 7.71. The summed E-state index contributed by atoms with van der Waals surface area (Å²) in [5.41, 5.74) is 7.74. The minimum absolute atomic E-state index is 0.198. The molecule has 3 aromatic carbocycles. The van der Waals surface area contributed by atoms with E-state index in [1.54, 1.807) is 7.11 Å². The summed E-state index contributed by atoms with van der Waals surface area (Å²) in [6.45, 7) is 5.65. The van der Waals surface area contributed by atoms with Crippen LogP contribution in [0, 0.1) is 6.92 Å². The summed E-state index contributed by atoms with van der Waals surface area (Å²) >= 11 is 0. The van der Waals surface area contributed by atoms with Crippen molar-refractivity contribution in [1.82, 2.24) is 14.9 Å². The van der Waals surface area contributed by atoms with Gasteiger partial charge in [-0.25, -0.2) is 4.98 Å². The zero-order chi connectivity index (χ0) is 26.8. The second-order valence-corrected chi connectivity index (χ2v) is 10.3. The van der Waals surface area contributed by atoms with Gasteiger partial charge < -0.3 is 24.3 Å². The van der Waals surface area contributed by atoms with Gasteiger partial charge in [0.1, 0.15) is 17.3 Å². The Morgan fingerprint density at radius 1 is 1.03 bits per heavy atom. The summed E-state index contributed by atoms with van der Waals surface area (Å²) in [6.07, 6.45) is 4.21. The molecular formula is C32H34N4O3. The van der Waals surface area contributed by atoms with Crippen LogP contribution < -0.4 is 14.4 Å². The summed E-state index contributed by atoms with van der Waals surface area (Å²) in [5.74, 6) is 2.89. The number of hydrogen-bond donors (Lipinski definition) is 1. The van der Waals surface area contributed by atoms with E-state index in [-0.39, 0.29) is 5.91 Å². The first-order valence-electron chi connectivity index (χ1n) is 13.6. The van der Waals surface area contributed by atoms with E-state index in [0.717, 1.165) is 95.3 Å². The van der Waals surface area contributed by atoms with Gasteiger partial charge in [0.15, 0.2) is 0 Å². The number of fused-ring (bicyclic) bond motifs is 2. The number of amides is 1. The number of aromatic nitrogens is 2. The van der Waals surface area contributed by atoms with Gasteiger partial charge in [-0.3, -0.25) is 4.79 Å². The van der Waals surface area contributed by atoms with Crippen molar-refractivity contribution < 1.29 is 14.3 Å². The van der Waals surface area contributed by atoms with Gasteiger partial charge in [-0.2, -0.15) is 0 Å². The first-order valence-corrected chi connectivity index (χ1v) is 13.6. The maximum absolute atomic E-state index is 13.2. The summed E-state index contributed by atoms with van der Waals surface area (Å²) in [5, 5.41) is 0. The number of benzene rings is 3. The molecule has 0 bridgehead atoms. The first kappa shape index (κ1) is 25.0. The van der Waals surface area contributed by atoms with Crippen LogP contribution in [0.25, 0.3) is 22.2 Å². The van der Waals surface area contributed by atoms with Gasteiger partial charge in [0.05, 0.1) is 24.8 Å². The third-order valence-electron chi connectivity index (χ3n) is 7.71. The van der Waals surface area contributed by atoms with Crippen molar-refractivity contribution in [3.8, 4) is 22.6 Å². The zero-order valence-corrected chi connectivity index (χ0v) is 22.6. The minimum atomic E-state index is 0.198. The molecule has 3 heterocycles. The second-order valence-electron chi connectivity index (χ2n) is 10.3. The minimum Gasteiger partial charge on any atom is -0.497 e. The molecule has 0 aliphatic carbocycles. The number of H-pyrrole nitrogens is 1. The fourth-order valence-corrected chi connectivity index (χ4v) is 5.51. The normalized spacial score (nSPS) is 17.0. The number of carbonyl (C=O) groups is 1. The molecule has 0 unspecified atom stereocenters. The SMILES string of the molecule is COc1cccc(N2CCN(C(=O)C/C3=C/Cc4cc(-c5ccc6nc(C)[nH]c6c5)ccc4OCC3)CC2)c1. The van der Waals surface area contributed by atoms with Gasteiger partial charge in [-0.15, -0.1) is 0 Å². The average molecular weight is 523 g/mol. The molecule has 7 nitrogen and oxygen atoms in total. The molecule has 1 amide bonds. The van der Waals surface area contributed by atoms with Crippen molar-refractivity contribution in [2.45, 2.75) is 26.2 Å². The molecule has 7 heteroatoms. The summed E-state index contributed by atoms with van der Waals surface area (Å²) < 4.78 is 11.5. The lowest BCUT2D eigenvalue weighted by Crippen LogP contribution is -2.48. The van der Waals surface area contributed by atoms with Crippen LogP contribution in [0.2, 0.25) is 0 Å². The number of carbonyl (C=O) groups excluding carboxylic acids is 1. The van der Waals surface area contributed by atoms with Gasteiger partial charge in [0.2, 0.25) is 5.91 Å². The number of anilines is 1. The monoisotopic (exact) mass is 522 g/mol. The summed E-state index contributed by atoms with van der Waals surface area (Å²) in [6, 6.07) is 20.8. The van der Waals surface area contributed by atoms with Gasteiger partial charge >= 0.3 is 0 Å². The molecule has 200 valence electrons. The van der Waals surface area contributed by atoms with E-state index < -0.39 is 0 Å². The topological polar surface area (TPSA) is 70.7 Å². The van der Waals surface area contributed by atoms with E-state index in [9.17, 15) is 4.79 Å². The molecule has 0 saturated carbocycles. The number of rotatable bonds is 5. The number of allylic oxidation sites excluding steroid dienone is 1. The molecule has 0 radical (unpaired) electrons. The smallest absolute Gasteiger partial charge is 0.226 e. The van der Waals surface area contributed by atoms with E-state index in [0.29, 0.717) is 13.0 Å². The molecule has 1 saturated heterocycles. The van der Waals surface area contributed by atoms with E-state index in [4.69, 9.17) is 9.47 Å². The number of piperazine rings is 1. The molecular weight excluding hydrogens is 488 g/mol. The zero-order valence-electron chi connectivity index (χ0n) is 22.6. The van der Waals surface area contributed by atoms with Gasteiger partial charge in [0, 0.05) is 50.8 Å². The highest BCUT2D eigenvalue weighted by Crippen LogP contribution is 2.31. The largest absolute Gasteiger partial charge is 0.497 e. The number of imidazole rings is 1. The number of aryl methyl sites for hydroxylation is 1. The average Bonchev–Trinajstić information content (AvgIpc) is 3.34. The highest BCUT2D eigenvalue weighted by molar-refractivity contribution is 5.82. The number of ether oxygens (including phenoxy) is 2. The Morgan fingerprint density at radius 2 is 1.85 bits per heavy atom. The number of nitrogens with one attached hydrogen (secondary N) is 1. The Labute approximate surface area is 229 Å². The lowest BCUT2D eigenvalue weighted by molar-refractivity contribution is -0.130. The quantitative estimate of drug-likeness (QED) is 0.349. The van der Waals surface area contributed by atoms with Crippen LogP contribution in [-0.4, -0.2) is 60.7 Å². The Morgan fingerprint density at radius 3 is 2.69 bits per heavy atom. The molecule has 2 aliphatic heterocycles. The van der Waals surface area contributed by atoms with Crippen molar-refractivity contribution in [3.05, 3.63) is 83.7 Å². The molecule has 2 aliphatic rings. The van der Waals surface area contributed by atoms with Gasteiger partial charge in [0.25, 0.3) is 0 Å². The van der Waals surface area contributed by atoms with Gasteiger partial charge in [-0.05, 0) is 66.4 Å². The summed E-state index contributed by atoms with van der Waals surface area (Å²) in [4.78, 5) is 25.3. The Bertz CT molecular complexity index is 1530.